The molecule has 1 heterocycles. The van der Waals surface area contributed by atoms with Crippen molar-refractivity contribution in [3.63, 3.8) is 0 Å². The molecule has 100 valence electrons. The molecule has 1 unspecified atom stereocenters. The van der Waals surface area contributed by atoms with Crippen molar-refractivity contribution in [2.75, 3.05) is 11.5 Å². The lowest BCUT2D eigenvalue weighted by Gasteiger charge is -2.10. The quantitative estimate of drug-likeness (QED) is 0.459. The van der Waals surface area contributed by atoms with Crippen LogP contribution >= 0.6 is 0 Å². The first-order chi connectivity index (χ1) is 8.39. The Morgan fingerprint density at radius 1 is 0.588 bits per heavy atom. The molecule has 0 saturated carbocycles. The van der Waals surface area contributed by atoms with Crippen LogP contribution in [-0.2, 0) is 11.2 Å². The molecule has 1 aliphatic heterocycles. The van der Waals surface area contributed by atoms with E-state index in [1.54, 1.807) is 0 Å². The molecular formula is C15H28OS. The van der Waals surface area contributed by atoms with Crippen LogP contribution in [-0.4, -0.2) is 16.1 Å². The second-order valence-electron chi connectivity index (χ2n) is 5.08. The van der Waals surface area contributed by atoms with Gasteiger partial charge in [-0.3, -0.25) is 0 Å². The molecule has 0 saturated heterocycles. The minimum atomic E-state index is -0.553. The third-order valence-electron chi connectivity index (χ3n) is 3.40. The highest BCUT2D eigenvalue weighted by Crippen LogP contribution is 2.12. The average molecular weight is 256 g/mol. The van der Waals surface area contributed by atoms with Gasteiger partial charge in [-0.05, 0) is 38.5 Å². The molecule has 0 N–H and O–H groups in total. The van der Waals surface area contributed by atoms with Crippen LogP contribution in [0.2, 0.25) is 0 Å². The summed E-state index contributed by atoms with van der Waals surface area (Å²) in [6.45, 7) is 0. The van der Waals surface area contributed by atoms with Crippen molar-refractivity contribution in [3.8, 4) is 0 Å². The molecule has 1 nitrogen and oxygen atoms in total. The molecule has 0 aromatic heterocycles. The smallest absolute Gasteiger partial charge is 0.105 e. The molecule has 0 aromatic carbocycles. The van der Waals surface area contributed by atoms with Gasteiger partial charge in [0, 0.05) is 0 Å². The van der Waals surface area contributed by atoms with Gasteiger partial charge in [0.15, 0.2) is 0 Å². The molecule has 0 fully saturated rings. The zero-order chi connectivity index (χ0) is 12.2. The monoisotopic (exact) mass is 256 g/mol. The van der Waals surface area contributed by atoms with Crippen molar-refractivity contribution in [1.82, 2.24) is 0 Å². The fraction of sp³-hybridized carbons (Fsp3) is 0.867. The van der Waals surface area contributed by atoms with E-state index in [-0.39, 0.29) is 0 Å². The van der Waals surface area contributed by atoms with Crippen LogP contribution in [0.1, 0.15) is 70.6 Å². The Hall–Kier alpha value is 0.0500. The summed E-state index contributed by atoms with van der Waals surface area (Å²) in [5.74, 6) is 1.84. The first-order valence-electron chi connectivity index (χ1n) is 7.39. The van der Waals surface area contributed by atoms with E-state index in [0.29, 0.717) is 0 Å². The SMILES string of the molecule is [O-][S+]1CCC/C=C\CCCCCCCCCC1. The van der Waals surface area contributed by atoms with Gasteiger partial charge < -0.3 is 4.55 Å². The van der Waals surface area contributed by atoms with Gasteiger partial charge in [0.2, 0.25) is 0 Å². The molecule has 17 heavy (non-hydrogen) atoms. The fourth-order valence-corrected chi connectivity index (χ4v) is 3.50. The first-order valence-corrected chi connectivity index (χ1v) is 8.88. The summed E-state index contributed by atoms with van der Waals surface area (Å²) in [7, 11) is 0. The zero-order valence-corrected chi connectivity index (χ0v) is 12.0. The van der Waals surface area contributed by atoms with Crippen molar-refractivity contribution in [1.29, 1.82) is 0 Å². The van der Waals surface area contributed by atoms with Gasteiger partial charge in [-0.15, -0.1) is 0 Å². The lowest BCUT2D eigenvalue weighted by molar-refractivity contribution is 0.566. The molecule has 1 aliphatic rings. The highest BCUT2D eigenvalue weighted by Gasteiger charge is 2.04. The van der Waals surface area contributed by atoms with Crippen molar-refractivity contribution in [2.45, 2.75) is 70.6 Å². The van der Waals surface area contributed by atoms with Crippen LogP contribution < -0.4 is 0 Å². The summed E-state index contributed by atoms with van der Waals surface area (Å²) in [6, 6.07) is 0. The van der Waals surface area contributed by atoms with E-state index in [9.17, 15) is 4.55 Å². The second kappa shape index (κ2) is 11.2. The Morgan fingerprint density at radius 2 is 1.06 bits per heavy atom. The summed E-state index contributed by atoms with van der Waals surface area (Å²) in [6.07, 6.45) is 18.8. The number of rotatable bonds is 0. The molecule has 0 bridgehead atoms. The first kappa shape index (κ1) is 15.1. The van der Waals surface area contributed by atoms with Crippen molar-refractivity contribution < 1.29 is 4.55 Å². The maximum Gasteiger partial charge on any atom is 0.105 e. The summed E-state index contributed by atoms with van der Waals surface area (Å²) in [5.41, 5.74) is 0. The number of hydrogen-bond donors (Lipinski definition) is 0. The largest absolute Gasteiger partial charge is 0.616 e. The molecule has 1 rings (SSSR count). The Labute approximate surface area is 110 Å². The third-order valence-corrected chi connectivity index (χ3v) is 4.89. The van der Waals surface area contributed by atoms with E-state index in [1.807, 2.05) is 0 Å². The minimum Gasteiger partial charge on any atom is -0.616 e. The topological polar surface area (TPSA) is 23.1 Å². The van der Waals surface area contributed by atoms with Crippen LogP contribution in [0.25, 0.3) is 0 Å². The Kier molecular flexibility index (Phi) is 9.92. The summed E-state index contributed by atoms with van der Waals surface area (Å²) in [5, 5.41) is 0. The highest BCUT2D eigenvalue weighted by molar-refractivity contribution is 7.91. The van der Waals surface area contributed by atoms with Gasteiger partial charge in [-0.2, -0.15) is 0 Å². The molecule has 0 amide bonds. The van der Waals surface area contributed by atoms with E-state index in [2.05, 4.69) is 12.2 Å². The summed E-state index contributed by atoms with van der Waals surface area (Å²) < 4.78 is 11.7. The average Bonchev–Trinajstić information content (AvgIpc) is 2.32. The van der Waals surface area contributed by atoms with Crippen LogP contribution in [0.3, 0.4) is 0 Å². The van der Waals surface area contributed by atoms with E-state index < -0.39 is 11.2 Å². The highest BCUT2D eigenvalue weighted by atomic mass is 32.2. The summed E-state index contributed by atoms with van der Waals surface area (Å²) >= 11 is -0.553. The van der Waals surface area contributed by atoms with E-state index in [0.717, 1.165) is 24.3 Å². The zero-order valence-electron chi connectivity index (χ0n) is 11.2. The molecule has 2 heteroatoms. The van der Waals surface area contributed by atoms with Gasteiger partial charge >= 0.3 is 0 Å². The molecule has 0 radical (unpaired) electrons. The van der Waals surface area contributed by atoms with Crippen molar-refractivity contribution in [2.24, 2.45) is 0 Å². The molecule has 0 spiro atoms. The maximum absolute atomic E-state index is 11.7. The molecule has 0 aromatic rings. The predicted octanol–water partition coefficient (Wildman–Crippen LogP) is 4.60. The Balaban J connectivity index is 2.16. The van der Waals surface area contributed by atoms with Crippen LogP contribution in [0.4, 0.5) is 0 Å². The summed E-state index contributed by atoms with van der Waals surface area (Å²) in [4.78, 5) is 0. The predicted molar refractivity (Wildman–Crippen MR) is 77.8 cm³/mol. The lowest BCUT2D eigenvalue weighted by atomic mass is 10.1. The number of allylic oxidation sites excluding steroid dienone is 2. The van der Waals surface area contributed by atoms with Crippen LogP contribution in [0.15, 0.2) is 12.2 Å². The van der Waals surface area contributed by atoms with Crippen LogP contribution in [0.5, 0.6) is 0 Å². The van der Waals surface area contributed by atoms with Gasteiger partial charge in [-0.1, -0.05) is 55.4 Å². The van der Waals surface area contributed by atoms with E-state index in [4.69, 9.17) is 0 Å². The number of hydrogen-bond acceptors (Lipinski definition) is 1. The second-order valence-corrected chi connectivity index (χ2v) is 6.77. The van der Waals surface area contributed by atoms with Crippen molar-refractivity contribution in [3.05, 3.63) is 12.2 Å². The Bertz CT molecular complexity index is 191. The minimum absolute atomic E-state index is 0.553. The van der Waals surface area contributed by atoms with Gasteiger partial charge in [0.1, 0.15) is 11.5 Å². The molecular weight excluding hydrogens is 228 g/mol. The van der Waals surface area contributed by atoms with E-state index >= 15 is 0 Å². The maximum atomic E-state index is 11.7. The normalized spacial score (nSPS) is 28.6. The van der Waals surface area contributed by atoms with E-state index in [1.165, 1.54) is 57.8 Å². The fourth-order valence-electron chi connectivity index (χ4n) is 2.29. The van der Waals surface area contributed by atoms with Gasteiger partial charge in [-0.25, -0.2) is 0 Å². The molecule has 1 atom stereocenters. The van der Waals surface area contributed by atoms with Crippen molar-refractivity contribution >= 4 is 11.2 Å². The lowest BCUT2D eigenvalue weighted by Crippen LogP contribution is -2.11. The van der Waals surface area contributed by atoms with Crippen LogP contribution in [0, 0.1) is 0 Å². The Morgan fingerprint density at radius 3 is 1.76 bits per heavy atom. The standard InChI is InChI=1S/C15H28OS/c16-17-14-12-10-8-6-4-2-1-3-5-7-9-11-13-15-17/h6,8H,1-5,7,9-15H2/b8-6-. The molecule has 0 aliphatic carbocycles. The van der Waals surface area contributed by atoms with Gasteiger partial charge in [0.25, 0.3) is 0 Å². The van der Waals surface area contributed by atoms with Gasteiger partial charge in [0.05, 0.1) is 0 Å². The third kappa shape index (κ3) is 9.72.